The number of rotatable bonds is 5. The Kier molecular flexibility index (Phi) is 6.72. The van der Waals surface area contributed by atoms with Crippen LogP contribution in [0.5, 0.6) is 0 Å². The summed E-state index contributed by atoms with van der Waals surface area (Å²) in [5.74, 6) is -0.278. The van der Waals surface area contributed by atoms with Gasteiger partial charge in [-0.3, -0.25) is 19.8 Å². The molecule has 34 heavy (non-hydrogen) atoms. The SMILES string of the molecule is Cc1ccccc1CNC(=O)C1CCN(C2NC(=O)C3SC=C(c4ccccc4F)C3N2)CC1. The van der Waals surface area contributed by atoms with E-state index in [4.69, 9.17) is 0 Å². The molecule has 0 spiro atoms. The first-order valence-corrected chi connectivity index (χ1v) is 12.7. The lowest BCUT2D eigenvalue weighted by Gasteiger charge is -2.43. The molecule has 5 rings (SSSR count). The fraction of sp³-hybridized carbons (Fsp3) is 0.385. The van der Waals surface area contributed by atoms with E-state index >= 15 is 0 Å². The van der Waals surface area contributed by atoms with Gasteiger partial charge < -0.3 is 10.6 Å². The zero-order chi connectivity index (χ0) is 23.7. The van der Waals surface area contributed by atoms with Gasteiger partial charge in [-0.15, -0.1) is 11.8 Å². The summed E-state index contributed by atoms with van der Waals surface area (Å²) >= 11 is 1.43. The molecule has 0 saturated carbocycles. The summed E-state index contributed by atoms with van der Waals surface area (Å²) in [5, 5.41) is 11.3. The standard InChI is InChI=1S/C26H29FN4O2S/c1-16-6-2-3-7-18(16)14-28-24(32)17-10-12-31(13-11-17)26-29-22-20(15-34-23(22)25(33)30-26)19-8-4-5-9-21(19)27/h2-9,15,17,22-23,26,29H,10-14H2,1H3,(H,28,32)(H,30,33). The molecule has 2 saturated heterocycles. The Morgan fingerprint density at radius 3 is 2.65 bits per heavy atom. The van der Waals surface area contributed by atoms with Gasteiger partial charge in [0, 0.05) is 31.1 Å². The number of piperidine rings is 1. The Bertz CT molecular complexity index is 1120. The van der Waals surface area contributed by atoms with Gasteiger partial charge >= 0.3 is 0 Å². The van der Waals surface area contributed by atoms with Crippen LogP contribution in [0.1, 0.15) is 29.5 Å². The summed E-state index contributed by atoms with van der Waals surface area (Å²) in [5.41, 5.74) is 3.65. The van der Waals surface area contributed by atoms with Crippen LogP contribution in [0.15, 0.2) is 53.9 Å². The van der Waals surface area contributed by atoms with E-state index in [0.29, 0.717) is 25.2 Å². The quantitative estimate of drug-likeness (QED) is 0.614. The van der Waals surface area contributed by atoms with Crippen molar-refractivity contribution in [1.29, 1.82) is 0 Å². The van der Waals surface area contributed by atoms with Gasteiger partial charge in [0.15, 0.2) is 0 Å². The van der Waals surface area contributed by atoms with Crippen LogP contribution in [0.3, 0.4) is 0 Å². The van der Waals surface area contributed by atoms with E-state index in [1.54, 1.807) is 12.1 Å². The molecule has 0 aliphatic carbocycles. The van der Waals surface area contributed by atoms with Crippen LogP contribution in [0.2, 0.25) is 0 Å². The molecular weight excluding hydrogens is 451 g/mol. The second-order valence-corrected chi connectivity index (χ2v) is 10.1. The third kappa shape index (κ3) is 4.62. The molecule has 2 amide bonds. The second-order valence-electron chi connectivity index (χ2n) is 9.12. The summed E-state index contributed by atoms with van der Waals surface area (Å²) in [7, 11) is 0. The van der Waals surface area contributed by atoms with Crippen molar-refractivity contribution in [3.63, 3.8) is 0 Å². The number of fused-ring (bicyclic) bond motifs is 1. The van der Waals surface area contributed by atoms with Crippen LogP contribution in [-0.2, 0) is 16.1 Å². The molecule has 8 heteroatoms. The molecule has 0 bridgehead atoms. The van der Waals surface area contributed by atoms with Crippen LogP contribution in [-0.4, -0.2) is 47.4 Å². The molecule has 178 valence electrons. The smallest absolute Gasteiger partial charge is 0.237 e. The Labute approximate surface area is 203 Å². The Balaban J connectivity index is 1.18. The average Bonchev–Trinajstić information content (AvgIpc) is 3.28. The van der Waals surface area contributed by atoms with Crippen molar-refractivity contribution >= 4 is 29.1 Å². The van der Waals surface area contributed by atoms with Crippen LogP contribution in [0.4, 0.5) is 4.39 Å². The lowest BCUT2D eigenvalue weighted by Crippen LogP contribution is -2.68. The zero-order valence-electron chi connectivity index (χ0n) is 19.1. The van der Waals surface area contributed by atoms with Crippen LogP contribution in [0, 0.1) is 18.7 Å². The van der Waals surface area contributed by atoms with Gasteiger partial charge in [-0.2, -0.15) is 0 Å². The van der Waals surface area contributed by atoms with Crippen molar-refractivity contribution < 1.29 is 14.0 Å². The predicted octanol–water partition coefficient (Wildman–Crippen LogP) is 2.99. The highest BCUT2D eigenvalue weighted by atomic mass is 32.2. The lowest BCUT2D eigenvalue weighted by molar-refractivity contribution is -0.129. The molecule has 6 nitrogen and oxygen atoms in total. The summed E-state index contributed by atoms with van der Waals surface area (Å²) in [6.45, 7) is 3.98. The Morgan fingerprint density at radius 1 is 1.15 bits per heavy atom. The maximum absolute atomic E-state index is 14.4. The number of benzene rings is 2. The van der Waals surface area contributed by atoms with E-state index in [2.05, 4.69) is 20.9 Å². The number of hydrogen-bond acceptors (Lipinski definition) is 5. The van der Waals surface area contributed by atoms with Crippen molar-refractivity contribution in [3.8, 4) is 0 Å². The molecule has 2 fully saturated rings. The van der Waals surface area contributed by atoms with Crippen molar-refractivity contribution in [2.45, 2.75) is 43.9 Å². The first-order valence-electron chi connectivity index (χ1n) is 11.7. The van der Waals surface area contributed by atoms with Crippen LogP contribution < -0.4 is 16.0 Å². The minimum atomic E-state index is -0.335. The van der Waals surface area contributed by atoms with Crippen molar-refractivity contribution in [3.05, 3.63) is 76.4 Å². The molecule has 3 unspecified atom stereocenters. The molecule has 0 aromatic heterocycles. The fourth-order valence-corrected chi connectivity index (χ4v) is 6.10. The second kappa shape index (κ2) is 9.90. The van der Waals surface area contributed by atoms with Crippen LogP contribution in [0.25, 0.3) is 5.57 Å². The molecule has 3 heterocycles. The van der Waals surface area contributed by atoms with E-state index in [1.165, 1.54) is 23.4 Å². The maximum Gasteiger partial charge on any atom is 0.237 e. The molecule has 2 aromatic carbocycles. The normalized spacial score (nSPS) is 25.4. The van der Waals surface area contributed by atoms with E-state index in [9.17, 15) is 14.0 Å². The van der Waals surface area contributed by atoms with E-state index in [1.807, 2.05) is 42.7 Å². The van der Waals surface area contributed by atoms with E-state index < -0.39 is 0 Å². The highest BCUT2D eigenvalue weighted by Crippen LogP contribution is 2.39. The summed E-state index contributed by atoms with van der Waals surface area (Å²) < 4.78 is 14.4. The summed E-state index contributed by atoms with van der Waals surface area (Å²) in [6.07, 6.45) is 1.12. The van der Waals surface area contributed by atoms with E-state index in [0.717, 1.165) is 24.0 Å². The number of halogens is 1. The van der Waals surface area contributed by atoms with Gasteiger partial charge in [0.2, 0.25) is 11.8 Å². The first kappa shape index (κ1) is 23.1. The van der Waals surface area contributed by atoms with Crippen molar-refractivity contribution in [1.82, 2.24) is 20.9 Å². The highest BCUT2D eigenvalue weighted by Gasteiger charge is 2.44. The number of carbonyl (C=O) groups excluding carboxylic acids is 2. The zero-order valence-corrected chi connectivity index (χ0v) is 19.9. The Morgan fingerprint density at radius 2 is 1.88 bits per heavy atom. The summed E-state index contributed by atoms with van der Waals surface area (Å²) in [6, 6.07) is 14.5. The average molecular weight is 481 g/mol. The topological polar surface area (TPSA) is 73.5 Å². The molecule has 3 aliphatic heterocycles. The number of carbonyl (C=O) groups is 2. The molecule has 2 aromatic rings. The number of likely N-dealkylation sites (tertiary alicyclic amines) is 1. The third-order valence-corrected chi connectivity index (χ3v) is 8.19. The summed E-state index contributed by atoms with van der Waals surface area (Å²) in [4.78, 5) is 27.7. The minimum Gasteiger partial charge on any atom is -0.352 e. The van der Waals surface area contributed by atoms with E-state index in [-0.39, 0.29) is 41.1 Å². The highest BCUT2D eigenvalue weighted by molar-refractivity contribution is 8.04. The number of nitrogens with zero attached hydrogens (tertiary/aromatic N) is 1. The predicted molar refractivity (Wildman–Crippen MR) is 132 cm³/mol. The minimum absolute atomic E-state index is 0.0387. The molecule has 3 N–H and O–H groups in total. The Hall–Kier alpha value is -2.68. The van der Waals surface area contributed by atoms with Gasteiger partial charge in [0.25, 0.3) is 0 Å². The fourth-order valence-electron chi connectivity index (χ4n) is 4.96. The van der Waals surface area contributed by atoms with Gasteiger partial charge in [-0.25, -0.2) is 4.39 Å². The van der Waals surface area contributed by atoms with Crippen molar-refractivity contribution in [2.24, 2.45) is 5.92 Å². The number of hydrogen-bond donors (Lipinski definition) is 3. The van der Waals surface area contributed by atoms with Crippen LogP contribution >= 0.6 is 11.8 Å². The lowest BCUT2D eigenvalue weighted by atomic mass is 9.94. The van der Waals surface area contributed by atoms with Gasteiger partial charge in [-0.05, 0) is 47.9 Å². The van der Waals surface area contributed by atoms with Crippen molar-refractivity contribution in [2.75, 3.05) is 13.1 Å². The monoisotopic (exact) mass is 480 g/mol. The molecule has 3 atom stereocenters. The van der Waals surface area contributed by atoms with Gasteiger partial charge in [-0.1, -0.05) is 42.5 Å². The number of aryl methyl sites for hydroxylation is 1. The number of amides is 2. The molecular formula is C26H29FN4O2S. The number of nitrogens with one attached hydrogen (secondary N) is 3. The number of thioether (sulfide) groups is 1. The molecule has 3 aliphatic rings. The maximum atomic E-state index is 14.4. The largest absolute Gasteiger partial charge is 0.352 e. The van der Waals surface area contributed by atoms with Gasteiger partial charge in [0.05, 0.1) is 6.04 Å². The van der Waals surface area contributed by atoms with Gasteiger partial charge in [0.1, 0.15) is 17.4 Å². The third-order valence-electron chi connectivity index (χ3n) is 7.02. The molecule has 0 radical (unpaired) electrons. The first-order chi connectivity index (χ1) is 16.5.